The van der Waals surface area contributed by atoms with E-state index in [-0.39, 0.29) is 10.7 Å². The SMILES string of the molecule is O=S(=O)(Nc1csnn1)c1cccc2ccccc12. The molecule has 96 valence electrons. The van der Waals surface area contributed by atoms with Crippen LogP contribution in [0.4, 0.5) is 5.82 Å². The third-order valence-electron chi connectivity index (χ3n) is 2.64. The van der Waals surface area contributed by atoms with Crippen molar-refractivity contribution in [2.24, 2.45) is 0 Å². The number of sulfonamides is 1. The van der Waals surface area contributed by atoms with Crippen LogP contribution in [0.3, 0.4) is 0 Å². The standard InChI is InChI=1S/C12H9N3O2S2/c16-19(17,14-12-8-18-15-13-12)11-7-3-5-9-4-1-2-6-10(9)11/h1-8,14H. The first-order valence-electron chi connectivity index (χ1n) is 5.44. The number of hydrogen-bond donors (Lipinski definition) is 1. The highest BCUT2D eigenvalue weighted by atomic mass is 32.2. The van der Waals surface area contributed by atoms with Gasteiger partial charge >= 0.3 is 0 Å². The molecule has 0 unspecified atom stereocenters. The number of nitrogens with one attached hydrogen (secondary N) is 1. The molecule has 0 radical (unpaired) electrons. The Hall–Kier alpha value is -1.99. The van der Waals surface area contributed by atoms with Crippen LogP contribution >= 0.6 is 11.5 Å². The number of hydrogen-bond acceptors (Lipinski definition) is 5. The van der Waals surface area contributed by atoms with Crippen molar-refractivity contribution >= 4 is 38.1 Å². The average molecular weight is 291 g/mol. The Bertz CT molecular complexity index is 809. The molecular weight excluding hydrogens is 282 g/mol. The Morgan fingerprint density at radius 2 is 1.84 bits per heavy atom. The van der Waals surface area contributed by atoms with Gasteiger partial charge < -0.3 is 0 Å². The van der Waals surface area contributed by atoms with Crippen molar-refractivity contribution in [3.63, 3.8) is 0 Å². The average Bonchev–Trinajstić information content (AvgIpc) is 2.90. The molecule has 0 aliphatic heterocycles. The molecule has 0 saturated carbocycles. The molecule has 5 nitrogen and oxygen atoms in total. The van der Waals surface area contributed by atoms with E-state index >= 15 is 0 Å². The molecule has 0 aliphatic carbocycles. The summed E-state index contributed by atoms with van der Waals surface area (Å²) in [5.74, 6) is 0.234. The fourth-order valence-corrected chi connectivity index (χ4v) is 3.51. The van der Waals surface area contributed by atoms with Gasteiger partial charge in [-0.2, -0.15) is 0 Å². The highest BCUT2D eigenvalue weighted by Crippen LogP contribution is 2.24. The van der Waals surface area contributed by atoms with E-state index in [2.05, 4.69) is 14.3 Å². The second kappa shape index (κ2) is 4.60. The van der Waals surface area contributed by atoms with Crippen LogP contribution in [0.5, 0.6) is 0 Å². The van der Waals surface area contributed by atoms with E-state index in [9.17, 15) is 8.42 Å². The van der Waals surface area contributed by atoms with Crippen LogP contribution in [0.15, 0.2) is 52.7 Å². The van der Waals surface area contributed by atoms with Gasteiger partial charge in [0.25, 0.3) is 10.0 Å². The van der Waals surface area contributed by atoms with Gasteiger partial charge in [0.1, 0.15) is 0 Å². The number of nitrogens with zero attached hydrogens (tertiary/aromatic N) is 2. The van der Waals surface area contributed by atoms with Crippen molar-refractivity contribution in [3.8, 4) is 0 Å². The smallest absolute Gasteiger partial charge is 0.261 e. The lowest BCUT2D eigenvalue weighted by Gasteiger charge is -2.08. The number of anilines is 1. The summed E-state index contributed by atoms with van der Waals surface area (Å²) >= 11 is 1.09. The molecule has 1 N–H and O–H groups in total. The van der Waals surface area contributed by atoms with Crippen molar-refractivity contribution in [1.82, 2.24) is 9.59 Å². The lowest BCUT2D eigenvalue weighted by atomic mass is 10.1. The molecule has 0 atom stereocenters. The minimum Gasteiger partial charge on any atom is -0.261 e. The van der Waals surface area contributed by atoms with Gasteiger partial charge in [-0.1, -0.05) is 40.9 Å². The van der Waals surface area contributed by atoms with Gasteiger partial charge in [-0.15, -0.1) is 5.10 Å². The number of fused-ring (bicyclic) bond motifs is 1. The zero-order valence-electron chi connectivity index (χ0n) is 9.65. The molecule has 3 aromatic rings. The van der Waals surface area contributed by atoms with Crippen molar-refractivity contribution in [3.05, 3.63) is 47.8 Å². The number of rotatable bonds is 3. The zero-order valence-corrected chi connectivity index (χ0v) is 11.3. The fourth-order valence-electron chi connectivity index (χ4n) is 1.83. The first kappa shape index (κ1) is 12.1. The van der Waals surface area contributed by atoms with Crippen LogP contribution in [-0.4, -0.2) is 18.0 Å². The molecule has 0 spiro atoms. The Morgan fingerprint density at radius 3 is 2.63 bits per heavy atom. The van der Waals surface area contributed by atoms with Crippen molar-refractivity contribution in [1.29, 1.82) is 0 Å². The molecule has 0 amide bonds. The minimum absolute atomic E-state index is 0.234. The summed E-state index contributed by atoms with van der Waals surface area (Å²) in [7, 11) is -3.66. The molecule has 1 aromatic heterocycles. The molecule has 19 heavy (non-hydrogen) atoms. The summed E-state index contributed by atoms with van der Waals surface area (Å²) < 4.78 is 30.7. The summed E-state index contributed by atoms with van der Waals surface area (Å²) in [4.78, 5) is 0.235. The van der Waals surface area contributed by atoms with Crippen molar-refractivity contribution in [2.75, 3.05) is 4.72 Å². The fraction of sp³-hybridized carbons (Fsp3) is 0. The molecule has 0 aliphatic rings. The van der Waals surface area contributed by atoms with E-state index in [0.717, 1.165) is 16.9 Å². The highest BCUT2D eigenvalue weighted by molar-refractivity contribution is 7.93. The van der Waals surface area contributed by atoms with Crippen LogP contribution in [0.2, 0.25) is 0 Å². The van der Waals surface area contributed by atoms with Gasteiger partial charge in [-0.3, -0.25) is 4.72 Å². The first-order valence-corrected chi connectivity index (χ1v) is 7.76. The van der Waals surface area contributed by atoms with Crippen LogP contribution < -0.4 is 4.72 Å². The molecule has 2 aromatic carbocycles. The second-order valence-corrected chi connectivity index (χ2v) is 6.13. The predicted molar refractivity (Wildman–Crippen MR) is 74.7 cm³/mol. The van der Waals surface area contributed by atoms with E-state index < -0.39 is 10.0 Å². The van der Waals surface area contributed by atoms with E-state index in [4.69, 9.17) is 0 Å². The van der Waals surface area contributed by atoms with E-state index in [1.165, 1.54) is 0 Å². The minimum atomic E-state index is -3.66. The third kappa shape index (κ3) is 2.29. The van der Waals surface area contributed by atoms with Gasteiger partial charge in [-0.25, -0.2) is 8.42 Å². The lowest BCUT2D eigenvalue weighted by Crippen LogP contribution is -2.13. The molecule has 3 rings (SSSR count). The topological polar surface area (TPSA) is 72.0 Å². The quantitative estimate of drug-likeness (QED) is 0.804. The number of aromatic nitrogens is 2. The molecule has 0 bridgehead atoms. The second-order valence-electron chi connectivity index (χ2n) is 3.87. The van der Waals surface area contributed by atoms with Crippen LogP contribution in [-0.2, 0) is 10.0 Å². The summed E-state index contributed by atoms with van der Waals surface area (Å²) in [6.45, 7) is 0. The summed E-state index contributed by atoms with van der Waals surface area (Å²) in [6, 6.07) is 12.5. The van der Waals surface area contributed by atoms with Gasteiger partial charge in [0.15, 0.2) is 5.82 Å². The first-order chi connectivity index (χ1) is 9.17. The molecule has 1 heterocycles. The van der Waals surface area contributed by atoms with Crippen molar-refractivity contribution in [2.45, 2.75) is 4.90 Å². The summed E-state index contributed by atoms with van der Waals surface area (Å²) in [5.41, 5.74) is 0. The molecule has 7 heteroatoms. The van der Waals surface area contributed by atoms with E-state index in [0.29, 0.717) is 5.39 Å². The molecule has 0 fully saturated rings. The van der Waals surface area contributed by atoms with Gasteiger partial charge in [0, 0.05) is 5.39 Å². The van der Waals surface area contributed by atoms with Crippen molar-refractivity contribution < 1.29 is 8.42 Å². The predicted octanol–water partition coefficient (Wildman–Crippen LogP) is 2.49. The van der Waals surface area contributed by atoms with Gasteiger partial charge in [-0.05, 0) is 23.0 Å². The van der Waals surface area contributed by atoms with E-state index in [1.54, 1.807) is 23.6 Å². The van der Waals surface area contributed by atoms with Gasteiger partial charge in [0.05, 0.1) is 10.3 Å². The Balaban J connectivity index is 2.13. The normalized spacial score (nSPS) is 11.6. The summed E-state index contributed by atoms with van der Waals surface area (Å²) in [6.07, 6.45) is 0. The largest absolute Gasteiger partial charge is 0.263 e. The van der Waals surface area contributed by atoms with Crippen LogP contribution in [0, 0.1) is 0 Å². The molecule has 0 saturated heterocycles. The van der Waals surface area contributed by atoms with Crippen LogP contribution in [0.1, 0.15) is 0 Å². The summed E-state index contributed by atoms with van der Waals surface area (Å²) in [5, 5.41) is 6.79. The molecular formula is C12H9N3O2S2. The lowest BCUT2D eigenvalue weighted by molar-refractivity contribution is 0.602. The maximum absolute atomic E-state index is 12.3. The van der Waals surface area contributed by atoms with E-state index in [1.807, 2.05) is 24.3 Å². The monoisotopic (exact) mass is 291 g/mol. The zero-order chi connectivity index (χ0) is 13.3. The maximum atomic E-state index is 12.3. The Morgan fingerprint density at radius 1 is 1.05 bits per heavy atom. The van der Waals surface area contributed by atoms with Gasteiger partial charge in [0.2, 0.25) is 0 Å². The Kier molecular flexibility index (Phi) is 2.92. The highest BCUT2D eigenvalue weighted by Gasteiger charge is 2.18. The maximum Gasteiger partial charge on any atom is 0.263 e. The Labute approximate surface area is 114 Å². The van der Waals surface area contributed by atoms with Crippen LogP contribution in [0.25, 0.3) is 10.8 Å². The number of benzene rings is 2. The third-order valence-corrected chi connectivity index (χ3v) is 4.56.